The number of piperidine rings is 1. The summed E-state index contributed by atoms with van der Waals surface area (Å²) in [5.41, 5.74) is 0. The molecule has 0 aromatic heterocycles. The normalized spacial score (nSPS) is 38.5. The van der Waals surface area contributed by atoms with Gasteiger partial charge >= 0.3 is 0 Å². The monoisotopic (exact) mass is 362 g/mol. The molecule has 2 amide bonds. The van der Waals surface area contributed by atoms with Crippen LogP contribution >= 0.6 is 11.8 Å². The van der Waals surface area contributed by atoms with Gasteiger partial charge in [-0.1, -0.05) is 25.1 Å². The van der Waals surface area contributed by atoms with Gasteiger partial charge in [0.25, 0.3) is 5.91 Å². The van der Waals surface area contributed by atoms with Crippen LogP contribution in [0.1, 0.15) is 65.2 Å². The summed E-state index contributed by atoms with van der Waals surface area (Å²) in [6.07, 6.45) is 9.04. The van der Waals surface area contributed by atoms with Gasteiger partial charge in [0, 0.05) is 19.5 Å². The van der Waals surface area contributed by atoms with Gasteiger partial charge in [0.1, 0.15) is 4.75 Å². The van der Waals surface area contributed by atoms with E-state index in [4.69, 9.17) is 0 Å². The third-order valence-electron chi connectivity index (χ3n) is 7.23. The van der Waals surface area contributed by atoms with Crippen molar-refractivity contribution < 1.29 is 9.59 Å². The standard InChI is InChI=1S/C20H30N2O2S/c1-3-18(23)22-8-6-16(7-9-22)20(2)19(24)21-17(25-20)12-15-11-13-4-5-14(15)10-13/h13-16H,3-12H2,1-2H3/t13-,14+,15-,20?/m1/s1. The molecule has 1 saturated heterocycles. The number of rotatable bonds is 4. The molecule has 4 rings (SSSR count). The summed E-state index contributed by atoms with van der Waals surface area (Å²) < 4.78 is -0.395. The van der Waals surface area contributed by atoms with Crippen molar-refractivity contribution in [3.8, 4) is 0 Å². The highest BCUT2D eigenvalue weighted by molar-refractivity contribution is 8.16. The Labute approximate surface area is 155 Å². The van der Waals surface area contributed by atoms with E-state index in [1.165, 1.54) is 25.7 Å². The van der Waals surface area contributed by atoms with Crippen molar-refractivity contribution in [1.29, 1.82) is 0 Å². The first kappa shape index (κ1) is 17.6. The number of fused-ring (bicyclic) bond motifs is 2. The molecule has 3 fully saturated rings. The van der Waals surface area contributed by atoms with Gasteiger partial charge in [-0.15, -0.1) is 0 Å². The van der Waals surface area contributed by atoms with E-state index in [2.05, 4.69) is 11.9 Å². The van der Waals surface area contributed by atoms with Crippen LogP contribution in [0.2, 0.25) is 0 Å². The van der Waals surface area contributed by atoms with E-state index in [0.717, 1.165) is 55.1 Å². The highest BCUT2D eigenvalue weighted by Crippen LogP contribution is 2.52. The first-order valence-corrected chi connectivity index (χ1v) is 10.9. The van der Waals surface area contributed by atoms with Crippen LogP contribution in [0.15, 0.2) is 4.99 Å². The minimum Gasteiger partial charge on any atom is -0.343 e. The Morgan fingerprint density at radius 1 is 1.24 bits per heavy atom. The van der Waals surface area contributed by atoms with Crippen LogP contribution in [0.25, 0.3) is 0 Å². The Hall–Kier alpha value is -0.840. The van der Waals surface area contributed by atoms with Gasteiger partial charge in [0.15, 0.2) is 0 Å². The smallest absolute Gasteiger partial charge is 0.263 e. The van der Waals surface area contributed by atoms with Crippen LogP contribution in [0, 0.1) is 23.7 Å². The van der Waals surface area contributed by atoms with E-state index in [-0.39, 0.29) is 11.8 Å². The number of aliphatic imine (C=N–C) groups is 1. The van der Waals surface area contributed by atoms with Gasteiger partial charge in [-0.05, 0) is 69.1 Å². The van der Waals surface area contributed by atoms with Crippen LogP contribution in [0.5, 0.6) is 0 Å². The van der Waals surface area contributed by atoms with Crippen molar-refractivity contribution in [3.63, 3.8) is 0 Å². The second-order valence-corrected chi connectivity index (χ2v) is 10.2. The summed E-state index contributed by atoms with van der Waals surface area (Å²) >= 11 is 1.75. The molecule has 2 heterocycles. The second-order valence-electron chi connectivity index (χ2n) is 8.67. The molecule has 2 saturated carbocycles. The zero-order chi connectivity index (χ0) is 17.6. The Morgan fingerprint density at radius 3 is 2.60 bits per heavy atom. The summed E-state index contributed by atoms with van der Waals surface area (Å²) in [6, 6.07) is 0. The lowest BCUT2D eigenvalue weighted by Crippen LogP contribution is -2.46. The van der Waals surface area contributed by atoms with Crippen molar-refractivity contribution in [2.45, 2.75) is 70.0 Å². The van der Waals surface area contributed by atoms with E-state index >= 15 is 0 Å². The first-order chi connectivity index (χ1) is 12.0. The Bertz CT molecular complexity index is 597. The molecule has 138 valence electrons. The minimum atomic E-state index is -0.395. The molecule has 2 bridgehead atoms. The van der Waals surface area contributed by atoms with Crippen LogP contribution in [-0.2, 0) is 9.59 Å². The molecular weight excluding hydrogens is 332 g/mol. The molecular formula is C20H30N2O2S. The maximum absolute atomic E-state index is 12.7. The predicted molar refractivity (Wildman–Crippen MR) is 102 cm³/mol. The highest BCUT2D eigenvalue weighted by Gasteiger charge is 2.49. The molecule has 0 aromatic carbocycles. The molecule has 2 aliphatic carbocycles. The number of carbonyl (C=O) groups is 2. The lowest BCUT2D eigenvalue weighted by Gasteiger charge is -2.38. The fourth-order valence-electron chi connectivity index (χ4n) is 5.63. The zero-order valence-corrected chi connectivity index (χ0v) is 16.3. The summed E-state index contributed by atoms with van der Waals surface area (Å²) in [6.45, 7) is 5.60. The molecule has 1 unspecified atom stereocenters. The molecule has 0 N–H and O–H groups in total. The van der Waals surface area contributed by atoms with Crippen LogP contribution in [0.3, 0.4) is 0 Å². The third kappa shape index (κ3) is 3.17. The van der Waals surface area contributed by atoms with E-state index in [0.29, 0.717) is 12.3 Å². The molecule has 4 atom stereocenters. The fourth-order valence-corrected chi connectivity index (χ4v) is 7.09. The van der Waals surface area contributed by atoms with Gasteiger partial charge in [0.05, 0.1) is 5.04 Å². The van der Waals surface area contributed by atoms with Crippen LogP contribution in [0.4, 0.5) is 0 Å². The van der Waals surface area contributed by atoms with Crippen LogP contribution in [-0.4, -0.2) is 39.6 Å². The van der Waals surface area contributed by atoms with E-state index in [1.807, 2.05) is 11.8 Å². The number of likely N-dealkylation sites (tertiary alicyclic amines) is 1. The van der Waals surface area contributed by atoms with Crippen molar-refractivity contribution in [2.24, 2.45) is 28.7 Å². The van der Waals surface area contributed by atoms with Crippen molar-refractivity contribution in [3.05, 3.63) is 0 Å². The number of hydrogen-bond donors (Lipinski definition) is 0. The van der Waals surface area contributed by atoms with Crippen molar-refractivity contribution >= 4 is 28.6 Å². The topological polar surface area (TPSA) is 49.7 Å². The van der Waals surface area contributed by atoms with Crippen molar-refractivity contribution in [2.75, 3.05) is 13.1 Å². The molecule has 4 nitrogen and oxygen atoms in total. The molecule has 0 radical (unpaired) electrons. The first-order valence-electron chi connectivity index (χ1n) is 10.1. The average molecular weight is 363 g/mol. The number of amides is 2. The van der Waals surface area contributed by atoms with E-state index in [1.54, 1.807) is 11.8 Å². The molecule has 5 heteroatoms. The second kappa shape index (κ2) is 6.71. The number of carbonyl (C=O) groups excluding carboxylic acids is 2. The lowest BCUT2D eigenvalue weighted by atomic mass is 9.84. The highest BCUT2D eigenvalue weighted by atomic mass is 32.2. The lowest BCUT2D eigenvalue weighted by molar-refractivity contribution is -0.132. The quantitative estimate of drug-likeness (QED) is 0.762. The SMILES string of the molecule is CCC(=O)N1CCC(C2(C)SC(C[C@H]3C[C@@H]4CC[C@H]3C4)=NC2=O)CC1. The van der Waals surface area contributed by atoms with Crippen molar-refractivity contribution in [1.82, 2.24) is 4.90 Å². The molecule has 0 spiro atoms. The summed E-state index contributed by atoms with van der Waals surface area (Å²) in [4.78, 5) is 31.1. The molecule has 4 aliphatic rings. The minimum absolute atomic E-state index is 0.0796. The summed E-state index contributed by atoms with van der Waals surface area (Å²) in [5, 5.41) is 1.09. The fraction of sp³-hybridized carbons (Fsp3) is 0.850. The Kier molecular flexibility index (Phi) is 4.72. The van der Waals surface area contributed by atoms with Gasteiger partial charge in [0.2, 0.25) is 5.91 Å². The van der Waals surface area contributed by atoms with Gasteiger partial charge in [-0.2, -0.15) is 0 Å². The number of hydrogen-bond acceptors (Lipinski definition) is 3. The zero-order valence-electron chi connectivity index (χ0n) is 15.5. The molecule has 25 heavy (non-hydrogen) atoms. The Balaban J connectivity index is 1.35. The van der Waals surface area contributed by atoms with Crippen LogP contribution < -0.4 is 0 Å². The summed E-state index contributed by atoms with van der Waals surface area (Å²) in [5.74, 6) is 3.26. The number of nitrogens with zero attached hydrogens (tertiary/aromatic N) is 2. The maximum atomic E-state index is 12.7. The van der Waals surface area contributed by atoms with E-state index in [9.17, 15) is 9.59 Å². The summed E-state index contributed by atoms with van der Waals surface area (Å²) in [7, 11) is 0. The van der Waals surface area contributed by atoms with Gasteiger partial charge in [-0.25, -0.2) is 4.99 Å². The largest absolute Gasteiger partial charge is 0.343 e. The molecule has 2 aliphatic heterocycles. The number of thioether (sulfide) groups is 1. The van der Waals surface area contributed by atoms with Gasteiger partial charge < -0.3 is 4.90 Å². The predicted octanol–water partition coefficient (Wildman–Crippen LogP) is 3.89. The van der Waals surface area contributed by atoms with Gasteiger partial charge in [-0.3, -0.25) is 9.59 Å². The Morgan fingerprint density at radius 2 is 2.00 bits per heavy atom. The maximum Gasteiger partial charge on any atom is 0.263 e. The third-order valence-corrected chi connectivity index (χ3v) is 8.66. The van der Waals surface area contributed by atoms with E-state index < -0.39 is 4.75 Å². The average Bonchev–Trinajstić information content (AvgIpc) is 3.30. The molecule has 0 aromatic rings.